The first kappa shape index (κ1) is 21.2. The van der Waals surface area contributed by atoms with Crippen LogP contribution >= 0.6 is 0 Å². The van der Waals surface area contributed by atoms with E-state index in [-0.39, 0.29) is 35.7 Å². The third-order valence-electron chi connectivity index (χ3n) is 5.47. The summed E-state index contributed by atoms with van der Waals surface area (Å²) >= 11 is 0. The van der Waals surface area contributed by atoms with E-state index in [9.17, 15) is 14.4 Å². The predicted octanol–water partition coefficient (Wildman–Crippen LogP) is -0.536. The molecule has 4 heterocycles. The zero-order valence-electron chi connectivity index (χ0n) is 16.5. The lowest BCUT2D eigenvalue weighted by atomic mass is 9.78. The second kappa shape index (κ2) is 9.33. The Labute approximate surface area is 172 Å². The number of rotatable bonds is 4. The van der Waals surface area contributed by atoms with Crippen molar-refractivity contribution in [2.24, 2.45) is 5.92 Å². The lowest BCUT2D eigenvalue weighted by Gasteiger charge is -2.46. The zero-order chi connectivity index (χ0) is 21.7. The molecule has 0 unspecified atom stereocenters. The van der Waals surface area contributed by atoms with Gasteiger partial charge in [-0.25, -0.2) is 4.98 Å². The van der Waals surface area contributed by atoms with E-state index >= 15 is 0 Å². The van der Waals surface area contributed by atoms with Crippen LogP contribution in [-0.4, -0.2) is 67.3 Å². The SMILES string of the molecule is CC(=O)N1C[C@H]2C[C@@H](C1)[C@H](C(=O)NCCn1cncn1)n1c2cccc1=O.O=CO. The molecule has 0 aliphatic carbocycles. The van der Waals surface area contributed by atoms with Gasteiger partial charge in [-0.15, -0.1) is 0 Å². The Morgan fingerprint density at radius 1 is 1.33 bits per heavy atom. The van der Waals surface area contributed by atoms with E-state index in [0.29, 0.717) is 26.2 Å². The number of aromatic nitrogens is 4. The molecule has 3 atom stereocenters. The molecule has 30 heavy (non-hydrogen) atoms. The Hall–Kier alpha value is -3.50. The maximum Gasteiger partial charge on any atom is 0.290 e. The van der Waals surface area contributed by atoms with E-state index in [2.05, 4.69) is 15.4 Å². The number of carboxylic acid groups (broad SMARTS) is 1. The summed E-state index contributed by atoms with van der Waals surface area (Å²) in [6, 6.07) is 4.49. The molecule has 2 aliphatic rings. The van der Waals surface area contributed by atoms with Gasteiger partial charge >= 0.3 is 0 Å². The second-order valence-corrected chi connectivity index (χ2v) is 7.28. The first-order valence-electron chi connectivity index (χ1n) is 9.61. The molecule has 2 N–H and O–H groups in total. The van der Waals surface area contributed by atoms with E-state index in [1.807, 2.05) is 6.07 Å². The Morgan fingerprint density at radius 2 is 2.10 bits per heavy atom. The number of piperidine rings is 1. The van der Waals surface area contributed by atoms with E-state index in [1.165, 1.54) is 12.4 Å². The Kier molecular flexibility index (Phi) is 6.60. The van der Waals surface area contributed by atoms with E-state index < -0.39 is 6.04 Å². The normalized spacial score (nSPS) is 21.6. The molecule has 2 aromatic rings. The number of amides is 2. The van der Waals surface area contributed by atoms with Gasteiger partial charge in [0.1, 0.15) is 18.7 Å². The monoisotopic (exact) mass is 416 g/mol. The Balaban J connectivity index is 0.000000806. The van der Waals surface area contributed by atoms with E-state index in [0.717, 1.165) is 12.1 Å². The number of pyridine rings is 1. The van der Waals surface area contributed by atoms with Crippen LogP contribution in [0.1, 0.15) is 31.0 Å². The summed E-state index contributed by atoms with van der Waals surface area (Å²) in [4.78, 5) is 51.5. The average Bonchev–Trinajstić information content (AvgIpc) is 3.23. The van der Waals surface area contributed by atoms with Gasteiger partial charge in [0.25, 0.3) is 12.0 Å². The molecule has 1 fully saturated rings. The summed E-state index contributed by atoms with van der Waals surface area (Å²) in [5, 5.41) is 13.8. The fraction of sp³-hybridized carbons (Fsp3) is 0.474. The molecule has 4 rings (SSSR count). The summed E-state index contributed by atoms with van der Waals surface area (Å²) in [6.07, 6.45) is 3.83. The van der Waals surface area contributed by atoms with Crippen LogP contribution in [0.2, 0.25) is 0 Å². The highest BCUT2D eigenvalue weighted by molar-refractivity contribution is 5.81. The molecule has 2 amide bonds. The van der Waals surface area contributed by atoms with Crippen LogP contribution in [0.3, 0.4) is 0 Å². The maximum absolute atomic E-state index is 13.0. The van der Waals surface area contributed by atoms with Gasteiger partial charge in [-0.2, -0.15) is 5.10 Å². The highest BCUT2D eigenvalue weighted by Gasteiger charge is 2.44. The minimum Gasteiger partial charge on any atom is -0.483 e. The molecule has 11 heteroatoms. The van der Waals surface area contributed by atoms with Crippen molar-refractivity contribution in [2.45, 2.75) is 31.8 Å². The summed E-state index contributed by atoms with van der Waals surface area (Å²) in [6.45, 7) is 3.28. The van der Waals surface area contributed by atoms with Gasteiger partial charge in [0.2, 0.25) is 11.8 Å². The predicted molar refractivity (Wildman–Crippen MR) is 105 cm³/mol. The van der Waals surface area contributed by atoms with E-state index in [1.54, 1.807) is 33.5 Å². The number of hydrogen-bond donors (Lipinski definition) is 2. The summed E-state index contributed by atoms with van der Waals surface area (Å²) in [5.41, 5.74) is 0.663. The van der Waals surface area contributed by atoms with Crippen LogP contribution < -0.4 is 10.9 Å². The first-order chi connectivity index (χ1) is 14.5. The van der Waals surface area contributed by atoms with Crippen LogP contribution in [0.25, 0.3) is 0 Å². The maximum atomic E-state index is 13.0. The number of likely N-dealkylation sites (tertiary alicyclic amines) is 1. The van der Waals surface area contributed by atoms with Crippen LogP contribution in [0, 0.1) is 5.92 Å². The van der Waals surface area contributed by atoms with Crippen LogP contribution in [0.5, 0.6) is 0 Å². The number of fused-ring (bicyclic) bond motifs is 4. The fourth-order valence-electron chi connectivity index (χ4n) is 4.27. The molecule has 2 bridgehead atoms. The second-order valence-electron chi connectivity index (χ2n) is 7.28. The van der Waals surface area contributed by atoms with Crippen molar-refractivity contribution in [3.05, 3.63) is 46.9 Å². The van der Waals surface area contributed by atoms with Gasteiger partial charge in [0.05, 0.1) is 6.54 Å². The van der Waals surface area contributed by atoms with Gasteiger partial charge < -0.3 is 15.3 Å². The van der Waals surface area contributed by atoms with Crippen molar-refractivity contribution in [3.8, 4) is 0 Å². The van der Waals surface area contributed by atoms with Gasteiger partial charge in [-0.05, 0) is 12.5 Å². The van der Waals surface area contributed by atoms with Gasteiger partial charge in [0.15, 0.2) is 0 Å². The van der Waals surface area contributed by atoms with Crippen molar-refractivity contribution in [1.29, 1.82) is 0 Å². The fourth-order valence-corrected chi connectivity index (χ4v) is 4.27. The van der Waals surface area contributed by atoms with Crippen molar-refractivity contribution in [2.75, 3.05) is 19.6 Å². The molecule has 0 spiro atoms. The standard InChI is InChI=1S/C18H22N6O3.CH2O2/c1-12(25)22-8-13-7-14(9-22)17(24-15(13)3-2-4-16(24)26)18(27)20-5-6-23-11-19-10-21-23;2-1-3/h2-4,10-11,13-14,17H,5-9H2,1H3,(H,20,27);1H,(H,2,3)/t13-,14+,17-;/m1./s1. The first-order valence-corrected chi connectivity index (χ1v) is 9.61. The minimum absolute atomic E-state index is 0.00164. The molecule has 2 aromatic heterocycles. The smallest absolute Gasteiger partial charge is 0.290 e. The van der Waals surface area contributed by atoms with E-state index in [4.69, 9.17) is 9.90 Å². The Bertz CT molecular complexity index is 957. The van der Waals surface area contributed by atoms with Gasteiger partial charge in [0, 0.05) is 50.2 Å². The molecular weight excluding hydrogens is 392 g/mol. The lowest BCUT2D eigenvalue weighted by molar-refractivity contribution is -0.135. The van der Waals surface area contributed by atoms with Crippen LogP contribution in [0.15, 0.2) is 35.6 Å². The van der Waals surface area contributed by atoms with Crippen LogP contribution in [-0.2, 0) is 20.9 Å². The van der Waals surface area contributed by atoms with Gasteiger partial charge in [-0.3, -0.25) is 28.4 Å². The van der Waals surface area contributed by atoms with Crippen LogP contribution in [0.4, 0.5) is 0 Å². The van der Waals surface area contributed by atoms with Crippen molar-refractivity contribution in [1.82, 2.24) is 29.5 Å². The molecule has 0 aromatic carbocycles. The molecule has 0 radical (unpaired) electrons. The molecule has 11 nitrogen and oxygen atoms in total. The zero-order valence-corrected chi connectivity index (χ0v) is 16.5. The Morgan fingerprint density at radius 3 is 2.77 bits per heavy atom. The van der Waals surface area contributed by atoms with Crippen molar-refractivity contribution >= 4 is 18.3 Å². The lowest BCUT2D eigenvalue weighted by Crippen LogP contribution is -2.54. The largest absolute Gasteiger partial charge is 0.483 e. The average molecular weight is 416 g/mol. The summed E-state index contributed by atoms with van der Waals surface area (Å²) < 4.78 is 3.26. The number of carbonyl (C=O) groups is 3. The number of carbonyl (C=O) groups excluding carboxylic acids is 2. The minimum atomic E-state index is -0.608. The molecular formula is C19H24N6O5. The highest BCUT2D eigenvalue weighted by atomic mass is 16.3. The molecule has 1 saturated heterocycles. The number of hydrogen-bond acceptors (Lipinski definition) is 6. The summed E-state index contributed by atoms with van der Waals surface area (Å²) in [7, 11) is 0. The number of nitrogens with one attached hydrogen (secondary N) is 1. The molecule has 0 saturated carbocycles. The van der Waals surface area contributed by atoms with Crippen molar-refractivity contribution < 1.29 is 19.5 Å². The van der Waals surface area contributed by atoms with Crippen molar-refractivity contribution in [3.63, 3.8) is 0 Å². The van der Waals surface area contributed by atoms with Gasteiger partial charge in [-0.1, -0.05) is 6.07 Å². The third kappa shape index (κ3) is 4.39. The topological polar surface area (TPSA) is 139 Å². The highest BCUT2D eigenvalue weighted by Crippen LogP contribution is 2.41. The third-order valence-corrected chi connectivity index (χ3v) is 5.47. The molecule has 160 valence electrons. The molecule has 2 aliphatic heterocycles. The summed E-state index contributed by atoms with van der Waals surface area (Å²) in [5.74, 6) is -0.187. The quantitative estimate of drug-likeness (QED) is 0.638. The number of nitrogens with zero attached hydrogens (tertiary/aromatic N) is 5.